The smallest absolute Gasteiger partial charge is 0.184 e. The van der Waals surface area contributed by atoms with E-state index in [0.29, 0.717) is 30.0 Å². The van der Waals surface area contributed by atoms with Crippen LogP contribution in [0.15, 0.2) is 58.8 Å². The fraction of sp³-hybridized carbons (Fsp3) is 0.261. The Bertz CT molecular complexity index is 1200. The first-order valence-corrected chi connectivity index (χ1v) is 10.2. The molecule has 0 bridgehead atoms. The Morgan fingerprint density at radius 1 is 1.16 bits per heavy atom. The number of aryl methyl sites for hydroxylation is 1. The number of ketones is 1. The van der Waals surface area contributed by atoms with Crippen molar-refractivity contribution >= 4 is 23.4 Å². The summed E-state index contributed by atoms with van der Waals surface area (Å²) in [5.41, 5.74) is 3.60. The molecule has 2 aliphatic heterocycles. The van der Waals surface area contributed by atoms with Crippen molar-refractivity contribution in [3.8, 4) is 0 Å². The number of nitrogens with zero attached hydrogens (tertiary/aromatic N) is 5. The van der Waals surface area contributed by atoms with Gasteiger partial charge in [0.25, 0.3) is 0 Å². The molecule has 1 N–H and O–H groups in total. The first kappa shape index (κ1) is 19.4. The first-order chi connectivity index (χ1) is 15.2. The average Bonchev–Trinajstić information content (AvgIpc) is 3.18. The highest BCUT2D eigenvalue weighted by Crippen LogP contribution is 2.42. The van der Waals surface area contributed by atoms with E-state index in [4.69, 9.17) is 4.99 Å². The summed E-state index contributed by atoms with van der Waals surface area (Å²) in [5.74, 6) is -0.347. The highest BCUT2D eigenvalue weighted by Gasteiger charge is 2.39. The zero-order valence-electron chi connectivity index (χ0n) is 16.6. The van der Waals surface area contributed by atoms with Crippen molar-refractivity contribution in [2.24, 2.45) is 9.98 Å². The molecule has 8 heteroatoms. The summed E-state index contributed by atoms with van der Waals surface area (Å²) >= 11 is 0. The van der Waals surface area contributed by atoms with Gasteiger partial charge in [-0.15, -0.1) is 0 Å². The molecule has 0 spiro atoms. The second-order valence-corrected chi connectivity index (χ2v) is 7.58. The molecule has 1 aromatic heterocycles. The Balaban J connectivity index is 1.72. The lowest BCUT2D eigenvalue weighted by Gasteiger charge is -2.27. The third kappa shape index (κ3) is 3.38. The van der Waals surface area contributed by atoms with Crippen LogP contribution in [-0.2, 0) is 6.54 Å². The van der Waals surface area contributed by atoms with Gasteiger partial charge in [0, 0.05) is 36.4 Å². The van der Waals surface area contributed by atoms with Crippen molar-refractivity contribution in [3.63, 3.8) is 0 Å². The van der Waals surface area contributed by atoms with Crippen molar-refractivity contribution in [2.75, 3.05) is 13.2 Å². The number of Topliss-reactive ketones (excluding diaryl/α,β-unsaturated/α-hetero) is 1. The lowest BCUT2D eigenvalue weighted by Crippen LogP contribution is -2.30. The zero-order chi connectivity index (χ0) is 21.4. The van der Waals surface area contributed by atoms with Crippen LogP contribution >= 0.6 is 0 Å². The average molecular weight is 417 g/mol. The summed E-state index contributed by atoms with van der Waals surface area (Å²) in [6.45, 7) is 0.592. The van der Waals surface area contributed by atoms with Gasteiger partial charge in [0.1, 0.15) is 24.5 Å². The van der Waals surface area contributed by atoms with E-state index in [-0.39, 0.29) is 36.6 Å². The summed E-state index contributed by atoms with van der Waals surface area (Å²) in [7, 11) is 0. The van der Waals surface area contributed by atoms with Crippen LogP contribution in [0, 0.1) is 5.82 Å². The Morgan fingerprint density at radius 2 is 2.00 bits per heavy atom. The maximum Gasteiger partial charge on any atom is 0.184 e. The summed E-state index contributed by atoms with van der Waals surface area (Å²) in [6, 6.07) is 11.8. The maximum absolute atomic E-state index is 13.6. The predicted molar refractivity (Wildman–Crippen MR) is 114 cm³/mol. The van der Waals surface area contributed by atoms with E-state index in [2.05, 4.69) is 15.1 Å². The van der Waals surface area contributed by atoms with Gasteiger partial charge in [-0.1, -0.05) is 24.3 Å². The summed E-state index contributed by atoms with van der Waals surface area (Å²) in [4.78, 5) is 26.5. The number of aliphatic imine (C=N–C) groups is 2. The Kier molecular flexibility index (Phi) is 4.99. The van der Waals surface area contributed by atoms with Gasteiger partial charge in [-0.05, 0) is 30.2 Å². The van der Waals surface area contributed by atoms with Gasteiger partial charge in [-0.25, -0.2) is 14.1 Å². The Labute approximate surface area is 178 Å². The molecule has 31 heavy (non-hydrogen) atoms. The van der Waals surface area contributed by atoms with Crippen LogP contribution in [0.25, 0.3) is 0 Å². The molecule has 3 aromatic rings. The van der Waals surface area contributed by atoms with Crippen molar-refractivity contribution in [1.82, 2.24) is 14.8 Å². The molecule has 156 valence electrons. The number of carbonyl (C=O) groups excluding carboxylic acids is 1. The molecule has 3 heterocycles. The SMILES string of the molecule is O=C1CN=C2c3c(cccc31)N=CC(c1ccc(F)cc1)C2c1ncnn1CCCO. The summed E-state index contributed by atoms with van der Waals surface area (Å²) in [5, 5.41) is 13.6. The minimum atomic E-state index is -0.370. The zero-order valence-corrected chi connectivity index (χ0v) is 16.6. The predicted octanol–water partition coefficient (Wildman–Crippen LogP) is 3.07. The summed E-state index contributed by atoms with van der Waals surface area (Å²) < 4.78 is 15.4. The van der Waals surface area contributed by atoms with Gasteiger partial charge in [0.2, 0.25) is 0 Å². The van der Waals surface area contributed by atoms with E-state index in [0.717, 1.165) is 16.8 Å². The molecule has 7 nitrogen and oxygen atoms in total. The van der Waals surface area contributed by atoms with Crippen molar-refractivity contribution in [3.05, 3.63) is 77.1 Å². The molecule has 0 radical (unpaired) electrons. The largest absolute Gasteiger partial charge is 0.396 e. The quantitative estimate of drug-likeness (QED) is 0.691. The number of hydrogen-bond acceptors (Lipinski definition) is 6. The molecule has 0 aliphatic carbocycles. The van der Waals surface area contributed by atoms with Crippen molar-refractivity contribution in [2.45, 2.75) is 24.8 Å². The van der Waals surface area contributed by atoms with E-state index in [9.17, 15) is 14.3 Å². The highest BCUT2D eigenvalue weighted by molar-refractivity contribution is 6.21. The van der Waals surface area contributed by atoms with Crippen LogP contribution in [0.4, 0.5) is 10.1 Å². The fourth-order valence-corrected chi connectivity index (χ4v) is 4.29. The van der Waals surface area contributed by atoms with Gasteiger partial charge in [-0.3, -0.25) is 14.8 Å². The van der Waals surface area contributed by atoms with E-state index < -0.39 is 0 Å². The second kappa shape index (κ2) is 7.96. The lowest BCUT2D eigenvalue weighted by molar-refractivity contribution is 0.1000. The highest BCUT2D eigenvalue weighted by atomic mass is 19.1. The molecule has 0 saturated carbocycles. The van der Waals surface area contributed by atoms with Crippen molar-refractivity contribution in [1.29, 1.82) is 0 Å². The van der Waals surface area contributed by atoms with Gasteiger partial charge >= 0.3 is 0 Å². The first-order valence-electron chi connectivity index (χ1n) is 10.2. The number of hydrogen-bond donors (Lipinski definition) is 1. The number of carbonyl (C=O) groups is 1. The molecule has 0 amide bonds. The van der Waals surface area contributed by atoms with Crippen LogP contribution in [0.3, 0.4) is 0 Å². The number of aliphatic hydroxyl groups excluding tert-OH is 1. The topological polar surface area (TPSA) is 92.7 Å². The third-order valence-electron chi connectivity index (χ3n) is 5.73. The number of aromatic nitrogens is 3. The number of rotatable bonds is 5. The molecule has 5 rings (SSSR count). The van der Waals surface area contributed by atoms with Gasteiger partial charge < -0.3 is 5.11 Å². The summed E-state index contributed by atoms with van der Waals surface area (Å²) in [6.07, 6.45) is 3.84. The standard InChI is InChI=1S/C23H20FN5O2/c24-15-7-5-14(6-8-15)17-11-25-18-4-1-3-16-19(31)12-26-22(20(16)18)21(17)23-27-13-28-29(23)9-2-10-30/h1,3-8,11,13,17,21,30H,2,9-10,12H2. The Hall–Kier alpha value is -3.52. The number of aliphatic hydroxyl groups is 1. The van der Waals surface area contributed by atoms with Crippen LogP contribution in [0.1, 0.15) is 45.6 Å². The molecular formula is C23H20FN5O2. The molecule has 0 saturated heterocycles. The molecule has 2 atom stereocenters. The molecule has 2 aromatic carbocycles. The van der Waals surface area contributed by atoms with Gasteiger partial charge in [0.05, 0.1) is 17.3 Å². The minimum absolute atomic E-state index is 0.0369. The molecular weight excluding hydrogens is 397 g/mol. The Morgan fingerprint density at radius 3 is 2.81 bits per heavy atom. The van der Waals surface area contributed by atoms with E-state index in [1.807, 2.05) is 18.3 Å². The van der Waals surface area contributed by atoms with E-state index >= 15 is 0 Å². The molecule has 2 aliphatic rings. The monoisotopic (exact) mass is 417 g/mol. The number of halogens is 1. The lowest BCUT2D eigenvalue weighted by atomic mass is 9.79. The third-order valence-corrected chi connectivity index (χ3v) is 5.73. The van der Waals surface area contributed by atoms with Crippen molar-refractivity contribution < 1.29 is 14.3 Å². The second-order valence-electron chi connectivity index (χ2n) is 7.58. The molecule has 0 fully saturated rings. The maximum atomic E-state index is 13.6. The van der Waals surface area contributed by atoms with E-state index in [1.165, 1.54) is 18.5 Å². The van der Waals surface area contributed by atoms with Crippen LogP contribution in [-0.4, -0.2) is 50.7 Å². The normalized spacial score (nSPS) is 19.7. The van der Waals surface area contributed by atoms with Gasteiger partial charge in [0.15, 0.2) is 5.78 Å². The number of benzene rings is 2. The van der Waals surface area contributed by atoms with Crippen LogP contribution < -0.4 is 0 Å². The minimum Gasteiger partial charge on any atom is -0.396 e. The molecule has 2 unspecified atom stereocenters. The van der Waals surface area contributed by atoms with Crippen LogP contribution in [0.5, 0.6) is 0 Å². The van der Waals surface area contributed by atoms with Crippen LogP contribution in [0.2, 0.25) is 0 Å². The van der Waals surface area contributed by atoms with E-state index in [1.54, 1.807) is 22.9 Å². The van der Waals surface area contributed by atoms with Gasteiger partial charge in [-0.2, -0.15) is 5.10 Å². The fourth-order valence-electron chi connectivity index (χ4n) is 4.29.